The van der Waals surface area contributed by atoms with Crippen molar-refractivity contribution in [3.8, 4) is 5.75 Å². The number of carbonyl (C=O) groups excluding carboxylic acids is 2. The molecule has 0 atom stereocenters. The van der Waals surface area contributed by atoms with Crippen molar-refractivity contribution in [2.24, 2.45) is 5.92 Å². The quantitative estimate of drug-likeness (QED) is 0.774. The van der Waals surface area contributed by atoms with E-state index >= 15 is 0 Å². The molecule has 1 N–H and O–H groups in total. The number of hydrogen-bond donors (Lipinski definition) is 1. The van der Waals surface area contributed by atoms with E-state index in [1.54, 1.807) is 12.1 Å². The number of piperazine rings is 1. The summed E-state index contributed by atoms with van der Waals surface area (Å²) in [4.78, 5) is 31.4. The van der Waals surface area contributed by atoms with Gasteiger partial charge in [0, 0.05) is 51.3 Å². The molecule has 2 fully saturated rings. The van der Waals surface area contributed by atoms with E-state index in [1.165, 1.54) is 0 Å². The van der Waals surface area contributed by atoms with Crippen molar-refractivity contribution in [1.29, 1.82) is 0 Å². The van der Waals surface area contributed by atoms with E-state index < -0.39 is 0 Å². The van der Waals surface area contributed by atoms with Gasteiger partial charge in [-0.1, -0.05) is 42.5 Å². The predicted octanol–water partition coefficient (Wildman–Crippen LogP) is 2.99. The molecule has 2 saturated heterocycles. The number of phenolic OH excluding ortho intramolecular Hbond substituents is 1. The van der Waals surface area contributed by atoms with Crippen molar-refractivity contribution in [3.05, 3.63) is 66.2 Å². The van der Waals surface area contributed by atoms with Gasteiger partial charge in [-0.25, -0.2) is 0 Å². The number of benzene rings is 2. The summed E-state index contributed by atoms with van der Waals surface area (Å²) < 4.78 is 0. The Labute approximate surface area is 183 Å². The minimum absolute atomic E-state index is 0.00559. The molecular weight excluding hydrogens is 390 g/mol. The number of rotatable bonds is 4. The van der Waals surface area contributed by atoms with Crippen molar-refractivity contribution in [1.82, 2.24) is 9.80 Å². The fourth-order valence-corrected chi connectivity index (χ4v) is 4.34. The van der Waals surface area contributed by atoms with Crippen LogP contribution in [0, 0.1) is 5.92 Å². The fourth-order valence-electron chi connectivity index (χ4n) is 4.34. The number of para-hydroxylation sites is 2. The van der Waals surface area contributed by atoms with Crippen LogP contribution in [0.4, 0.5) is 5.69 Å². The molecule has 6 heteroatoms. The first-order valence-corrected chi connectivity index (χ1v) is 11.0. The second-order valence-electron chi connectivity index (χ2n) is 8.14. The first kappa shape index (κ1) is 21.0. The molecule has 162 valence electrons. The van der Waals surface area contributed by atoms with Crippen LogP contribution in [0.25, 0.3) is 6.08 Å². The molecule has 4 rings (SSSR count). The second kappa shape index (κ2) is 9.69. The lowest BCUT2D eigenvalue weighted by atomic mass is 9.95. The van der Waals surface area contributed by atoms with Gasteiger partial charge in [0.2, 0.25) is 11.8 Å². The molecule has 6 nitrogen and oxygen atoms in total. The number of aromatic hydroxyl groups is 1. The van der Waals surface area contributed by atoms with Crippen molar-refractivity contribution < 1.29 is 14.7 Å². The van der Waals surface area contributed by atoms with Crippen LogP contribution in [0.2, 0.25) is 0 Å². The lowest BCUT2D eigenvalue weighted by Gasteiger charge is -2.39. The van der Waals surface area contributed by atoms with Crippen LogP contribution in [0.5, 0.6) is 5.75 Å². The molecule has 0 bridgehead atoms. The molecule has 2 heterocycles. The summed E-state index contributed by atoms with van der Waals surface area (Å²) in [7, 11) is 0. The third-order valence-electron chi connectivity index (χ3n) is 6.19. The molecule has 0 aromatic heterocycles. The van der Waals surface area contributed by atoms with Gasteiger partial charge in [0.1, 0.15) is 5.75 Å². The lowest BCUT2D eigenvalue weighted by molar-refractivity contribution is -0.139. The number of piperidine rings is 1. The first-order chi connectivity index (χ1) is 15.1. The van der Waals surface area contributed by atoms with Crippen molar-refractivity contribution in [2.45, 2.75) is 12.8 Å². The molecule has 2 aromatic carbocycles. The Kier molecular flexibility index (Phi) is 6.55. The molecule has 0 aliphatic carbocycles. The highest BCUT2D eigenvalue weighted by Gasteiger charge is 2.31. The summed E-state index contributed by atoms with van der Waals surface area (Å²) in [5, 5.41) is 10.1. The Morgan fingerprint density at radius 3 is 2.13 bits per heavy atom. The number of nitrogens with zero attached hydrogens (tertiary/aromatic N) is 3. The van der Waals surface area contributed by atoms with E-state index in [9.17, 15) is 14.7 Å². The standard InChI is InChI=1S/C25H29N3O3/c29-23-9-5-4-8-22(23)26-16-18-28(19-17-26)25(31)21-12-14-27(15-13-21)24(30)11-10-20-6-2-1-3-7-20/h1-11,21,29H,12-19H2/b11-10+. The van der Waals surface area contributed by atoms with Gasteiger partial charge in [-0.3, -0.25) is 9.59 Å². The van der Waals surface area contributed by atoms with Crippen LogP contribution in [0.1, 0.15) is 18.4 Å². The van der Waals surface area contributed by atoms with Crippen molar-refractivity contribution in [2.75, 3.05) is 44.2 Å². The molecule has 2 aliphatic heterocycles. The van der Waals surface area contributed by atoms with Gasteiger partial charge in [-0.2, -0.15) is 0 Å². The van der Waals surface area contributed by atoms with E-state index in [2.05, 4.69) is 4.90 Å². The number of hydrogen-bond acceptors (Lipinski definition) is 4. The van der Waals surface area contributed by atoms with Crippen LogP contribution in [-0.2, 0) is 9.59 Å². The van der Waals surface area contributed by atoms with Gasteiger partial charge in [-0.05, 0) is 36.6 Å². The zero-order valence-corrected chi connectivity index (χ0v) is 17.7. The lowest BCUT2D eigenvalue weighted by Crippen LogP contribution is -2.52. The Morgan fingerprint density at radius 1 is 0.806 bits per heavy atom. The second-order valence-corrected chi connectivity index (χ2v) is 8.14. The molecule has 0 spiro atoms. The van der Waals surface area contributed by atoms with Crippen LogP contribution >= 0.6 is 0 Å². The van der Waals surface area contributed by atoms with E-state index in [1.807, 2.05) is 64.4 Å². The summed E-state index contributed by atoms with van der Waals surface area (Å²) >= 11 is 0. The average molecular weight is 420 g/mol. The first-order valence-electron chi connectivity index (χ1n) is 11.0. The maximum absolute atomic E-state index is 13.0. The highest BCUT2D eigenvalue weighted by atomic mass is 16.3. The molecule has 0 unspecified atom stereocenters. The molecule has 2 amide bonds. The molecule has 2 aliphatic rings. The van der Waals surface area contributed by atoms with Gasteiger partial charge < -0.3 is 19.8 Å². The van der Waals surface area contributed by atoms with Gasteiger partial charge >= 0.3 is 0 Å². The normalized spacial score (nSPS) is 17.9. The maximum Gasteiger partial charge on any atom is 0.246 e. The molecule has 31 heavy (non-hydrogen) atoms. The van der Waals surface area contributed by atoms with Crippen molar-refractivity contribution >= 4 is 23.6 Å². The van der Waals surface area contributed by atoms with Crippen LogP contribution in [0.3, 0.4) is 0 Å². The minimum atomic E-state index is -0.0150. The van der Waals surface area contributed by atoms with Crippen LogP contribution in [-0.4, -0.2) is 66.0 Å². The monoisotopic (exact) mass is 419 g/mol. The molecular formula is C25H29N3O3. The number of anilines is 1. The van der Waals surface area contributed by atoms with Gasteiger partial charge in [0.05, 0.1) is 5.69 Å². The average Bonchev–Trinajstić information content (AvgIpc) is 2.83. The van der Waals surface area contributed by atoms with Crippen LogP contribution < -0.4 is 4.90 Å². The zero-order chi connectivity index (χ0) is 21.6. The predicted molar refractivity (Wildman–Crippen MR) is 122 cm³/mol. The Balaban J connectivity index is 1.25. The number of carbonyl (C=O) groups is 2. The van der Waals surface area contributed by atoms with Crippen LogP contribution in [0.15, 0.2) is 60.7 Å². The summed E-state index contributed by atoms with van der Waals surface area (Å²) in [5.74, 6) is 0.467. The summed E-state index contributed by atoms with van der Waals surface area (Å²) in [6, 6.07) is 17.1. The molecule has 0 saturated carbocycles. The summed E-state index contributed by atoms with van der Waals surface area (Å²) in [6.45, 7) is 3.98. The molecule has 2 aromatic rings. The van der Waals surface area contributed by atoms with Gasteiger partial charge in [0.15, 0.2) is 0 Å². The largest absolute Gasteiger partial charge is 0.506 e. The van der Waals surface area contributed by atoms with E-state index in [0.29, 0.717) is 52.1 Å². The maximum atomic E-state index is 13.0. The highest BCUT2D eigenvalue weighted by Crippen LogP contribution is 2.28. The number of phenols is 1. The Bertz CT molecular complexity index is 928. The summed E-state index contributed by atoms with van der Waals surface area (Å²) in [5.41, 5.74) is 1.83. The minimum Gasteiger partial charge on any atom is -0.506 e. The van der Waals surface area contributed by atoms with E-state index in [4.69, 9.17) is 0 Å². The summed E-state index contributed by atoms with van der Waals surface area (Å²) in [6.07, 6.45) is 4.88. The van der Waals surface area contributed by atoms with Gasteiger partial charge in [0.25, 0.3) is 0 Å². The highest BCUT2D eigenvalue weighted by molar-refractivity contribution is 5.92. The number of amides is 2. The Morgan fingerprint density at radius 2 is 1.45 bits per heavy atom. The zero-order valence-electron chi connectivity index (χ0n) is 17.7. The fraction of sp³-hybridized carbons (Fsp3) is 0.360. The molecule has 0 radical (unpaired) electrons. The Hall–Kier alpha value is -3.28. The third-order valence-corrected chi connectivity index (χ3v) is 6.19. The SMILES string of the molecule is O=C(/C=C/c1ccccc1)N1CCC(C(=O)N2CCN(c3ccccc3O)CC2)CC1. The van der Waals surface area contributed by atoms with E-state index in [0.717, 1.165) is 11.3 Å². The number of likely N-dealkylation sites (tertiary alicyclic amines) is 1. The smallest absolute Gasteiger partial charge is 0.246 e. The van der Waals surface area contributed by atoms with E-state index in [-0.39, 0.29) is 23.5 Å². The third kappa shape index (κ3) is 5.08. The van der Waals surface area contributed by atoms with Crippen molar-refractivity contribution in [3.63, 3.8) is 0 Å². The van der Waals surface area contributed by atoms with Gasteiger partial charge in [-0.15, -0.1) is 0 Å². The topological polar surface area (TPSA) is 64.1 Å².